The highest BCUT2D eigenvalue weighted by Gasteiger charge is 2.06. The van der Waals surface area contributed by atoms with Crippen LogP contribution in [0.5, 0.6) is 0 Å². The van der Waals surface area contributed by atoms with Crippen molar-refractivity contribution >= 4 is 0 Å². The molecule has 0 heterocycles. The first-order valence-electron chi connectivity index (χ1n) is 5.09. The largest absolute Gasteiger partial charge is 0.0809 e. The quantitative estimate of drug-likeness (QED) is 0.592. The van der Waals surface area contributed by atoms with Gasteiger partial charge in [-0.2, -0.15) is 0 Å². The molecule has 0 saturated carbocycles. The van der Waals surface area contributed by atoms with E-state index in [0.717, 1.165) is 11.8 Å². The van der Waals surface area contributed by atoms with Crippen LogP contribution in [0.4, 0.5) is 0 Å². The standard InChI is InChI=1S/C12H20/c1-4-11-5-7-12(8-6-11)9-10(2)3/h5,7-8,10-11H,4,6,9H2,1-3H3. The Morgan fingerprint density at radius 1 is 1.50 bits per heavy atom. The molecule has 1 aliphatic rings. The predicted molar refractivity (Wildman–Crippen MR) is 55.1 cm³/mol. The van der Waals surface area contributed by atoms with Crippen LogP contribution >= 0.6 is 0 Å². The highest BCUT2D eigenvalue weighted by Crippen LogP contribution is 2.22. The summed E-state index contributed by atoms with van der Waals surface area (Å²) in [5.74, 6) is 1.60. The molecule has 0 fully saturated rings. The molecule has 12 heavy (non-hydrogen) atoms. The van der Waals surface area contributed by atoms with Crippen molar-refractivity contribution in [3.63, 3.8) is 0 Å². The second kappa shape index (κ2) is 4.49. The van der Waals surface area contributed by atoms with E-state index in [9.17, 15) is 0 Å². The Bertz CT molecular complexity index is 184. The maximum atomic E-state index is 2.41. The normalized spacial score (nSPS) is 23.0. The van der Waals surface area contributed by atoms with E-state index in [1.54, 1.807) is 0 Å². The third-order valence-corrected chi connectivity index (χ3v) is 2.43. The second-order valence-corrected chi connectivity index (χ2v) is 4.14. The molecule has 0 spiro atoms. The molecule has 1 aliphatic carbocycles. The lowest BCUT2D eigenvalue weighted by Gasteiger charge is -2.15. The molecule has 0 aromatic heterocycles. The summed E-state index contributed by atoms with van der Waals surface area (Å²) in [4.78, 5) is 0. The van der Waals surface area contributed by atoms with E-state index in [1.807, 2.05) is 0 Å². The fourth-order valence-electron chi connectivity index (χ4n) is 1.63. The van der Waals surface area contributed by atoms with Crippen molar-refractivity contribution in [1.29, 1.82) is 0 Å². The first kappa shape index (κ1) is 9.57. The monoisotopic (exact) mass is 164 g/mol. The zero-order chi connectivity index (χ0) is 8.97. The fourth-order valence-corrected chi connectivity index (χ4v) is 1.63. The number of allylic oxidation sites excluding steroid dienone is 4. The zero-order valence-electron chi connectivity index (χ0n) is 8.51. The van der Waals surface area contributed by atoms with Gasteiger partial charge < -0.3 is 0 Å². The van der Waals surface area contributed by atoms with Gasteiger partial charge in [-0.25, -0.2) is 0 Å². The summed E-state index contributed by atoms with van der Waals surface area (Å²) in [5.41, 5.74) is 1.54. The Labute approximate surface area is 76.4 Å². The highest BCUT2D eigenvalue weighted by molar-refractivity contribution is 5.23. The van der Waals surface area contributed by atoms with E-state index in [2.05, 4.69) is 39.0 Å². The molecule has 0 saturated heterocycles. The predicted octanol–water partition coefficient (Wildman–Crippen LogP) is 3.95. The number of hydrogen-bond acceptors (Lipinski definition) is 0. The lowest BCUT2D eigenvalue weighted by Crippen LogP contribution is -1.99. The van der Waals surface area contributed by atoms with Crippen LogP contribution in [0.1, 0.15) is 40.0 Å². The third-order valence-electron chi connectivity index (χ3n) is 2.43. The van der Waals surface area contributed by atoms with Gasteiger partial charge >= 0.3 is 0 Å². The van der Waals surface area contributed by atoms with Gasteiger partial charge in [-0.05, 0) is 31.1 Å². The van der Waals surface area contributed by atoms with Crippen LogP contribution in [0.15, 0.2) is 23.8 Å². The first-order chi connectivity index (χ1) is 5.72. The summed E-state index contributed by atoms with van der Waals surface area (Å²) in [6.07, 6.45) is 10.9. The van der Waals surface area contributed by atoms with Gasteiger partial charge in [0.05, 0.1) is 0 Å². The molecule has 1 atom stereocenters. The molecule has 0 nitrogen and oxygen atoms in total. The van der Waals surface area contributed by atoms with Gasteiger partial charge in [-0.1, -0.05) is 44.6 Å². The van der Waals surface area contributed by atoms with Gasteiger partial charge in [-0.15, -0.1) is 0 Å². The Kier molecular flexibility index (Phi) is 3.58. The second-order valence-electron chi connectivity index (χ2n) is 4.14. The summed E-state index contributed by atoms with van der Waals surface area (Å²) in [6, 6.07) is 0. The molecule has 1 unspecified atom stereocenters. The molecule has 0 amide bonds. The molecule has 0 bridgehead atoms. The van der Waals surface area contributed by atoms with Gasteiger partial charge in [0.15, 0.2) is 0 Å². The van der Waals surface area contributed by atoms with E-state index in [4.69, 9.17) is 0 Å². The zero-order valence-corrected chi connectivity index (χ0v) is 8.51. The van der Waals surface area contributed by atoms with Gasteiger partial charge in [0, 0.05) is 0 Å². The van der Waals surface area contributed by atoms with E-state index >= 15 is 0 Å². The van der Waals surface area contributed by atoms with Crippen molar-refractivity contribution in [1.82, 2.24) is 0 Å². The molecular weight excluding hydrogens is 144 g/mol. The third kappa shape index (κ3) is 2.84. The van der Waals surface area contributed by atoms with E-state index in [0.29, 0.717) is 0 Å². The number of rotatable bonds is 3. The van der Waals surface area contributed by atoms with Gasteiger partial charge in [0.25, 0.3) is 0 Å². The van der Waals surface area contributed by atoms with E-state index in [1.165, 1.54) is 24.8 Å². The molecule has 0 aliphatic heterocycles. The molecule has 0 N–H and O–H groups in total. The van der Waals surface area contributed by atoms with Crippen molar-refractivity contribution in [3.05, 3.63) is 23.8 Å². The van der Waals surface area contributed by atoms with Gasteiger partial charge in [0.2, 0.25) is 0 Å². The Morgan fingerprint density at radius 3 is 2.67 bits per heavy atom. The van der Waals surface area contributed by atoms with Crippen LogP contribution in [-0.4, -0.2) is 0 Å². The topological polar surface area (TPSA) is 0 Å². The fraction of sp³-hybridized carbons (Fsp3) is 0.667. The van der Waals surface area contributed by atoms with E-state index in [-0.39, 0.29) is 0 Å². The van der Waals surface area contributed by atoms with Crippen molar-refractivity contribution < 1.29 is 0 Å². The molecule has 68 valence electrons. The van der Waals surface area contributed by atoms with Crippen LogP contribution in [0, 0.1) is 11.8 Å². The summed E-state index contributed by atoms with van der Waals surface area (Å²) in [6.45, 7) is 6.82. The van der Waals surface area contributed by atoms with Crippen LogP contribution < -0.4 is 0 Å². The molecule has 0 aromatic rings. The van der Waals surface area contributed by atoms with Gasteiger partial charge in [-0.3, -0.25) is 0 Å². The summed E-state index contributed by atoms with van der Waals surface area (Å²) >= 11 is 0. The van der Waals surface area contributed by atoms with Gasteiger partial charge in [0.1, 0.15) is 0 Å². The number of hydrogen-bond donors (Lipinski definition) is 0. The molecule has 1 rings (SSSR count). The average molecular weight is 164 g/mol. The average Bonchev–Trinajstić information content (AvgIpc) is 2.05. The molecule has 0 radical (unpaired) electrons. The molecule has 0 aromatic carbocycles. The Morgan fingerprint density at radius 2 is 2.25 bits per heavy atom. The lowest BCUT2D eigenvalue weighted by atomic mass is 9.91. The van der Waals surface area contributed by atoms with Crippen molar-refractivity contribution in [3.8, 4) is 0 Å². The van der Waals surface area contributed by atoms with Crippen LogP contribution in [0.3, 0.4) is 0 Å². The smallest absolute Gasteiger partial charge is 0.0198 e. The maximum absolute atomic E-state index is 2.41. The van der Waals surface area contributed by atoms with Crippen LogP contribution in [-0.2, 0) is 0 Å². The minimum atomic E-state index is 0.791. The minimum absolute atomic E-state index is 0.791. The van der Waals surface area contributed by atoms with Crippen molar-refractivity contribution in [2.75, 3.05) is 0 Å². The summed E-state index contributed by atoms with van der Waals surface area (Å²) in [5, 5.41) is 0. The van der Waals surface area contributed by atoms with Crippen molar-refractivity contribution in [2.24, 2.45) is 11.8 Å². The SMILES string of the molecule is CCC1C=CC(CC(C)C)=CC1. The lowest BCUT2D eigenvalue weighted by molar-refractivity contribution is 0.606. The Balaban J connectivity index is 2.41. The minimum Gasteiger partial charge on any atom is -0.0809 e. The van der Waals surface area contributed by atoms with Crippen LogP contribution in [0.2, 0.25) is 0 Å². The van der Waals surface area contributed by atoms with Crippen LogP contribution in [0.25, 0.3) is 0 Å². The van der Waals surface area contributed by atoms with Crippen molar-refractivity contribution in [2.45, 2.75) is 40.0 Å². The Hall–Kier alpha value is -0.520. The molecule has 0 heteroatoms. The maximum Gasteiger partial charge on any atom is -0.0198 e. The first-order valence-corrected chi connectivity index (χ1v) is 5.09. The summed E-state index contributed by atoms with van der Waals surface area (Å²) < 4.78 is 0. The molecular formula is C12H20. The van der Waals surface area contributed by atoms with E-state index < -0.39 is 0 Å². The highest BCUT2D eigenvalue weighted by atomic mass is 14.1. The summed E-state index contributed by atoms with van der Waals surface area (Å²) in [7, 11) is 0.